The Morgan fingerprint density at radius 3 is 2.17 bits per heavy atom. The Hall–Kier alpha value is -0.0400. The van der Waals surface area contributed by atoms with E-state index in [2.05, 4.69) is 20.8 Å². The number of rotatable bonds is 2. The summed E-state index contributed by atoms with van der Waals surface area (Å²) in [6.45, 7) is 7.21. The van der Waals surface area contributed by atoms with E-state index in [1.165, 1.54) is 25.7 Å². The topological polar surface area (TPSA) is 20.2 Å². The third-order valence-electron chi connectivity index (χ3n) is 3.56. The van der Waals surface area contributed by atoms with E-state index >= 15 is 0 Å². The molecule has 0 saturated heterocycles. The average molecular weight is 170 g/mol. The van der Waals surface area contributed by atoms with Crippen LogP contribution in [0.4, 0.5) is 0 Å². The number of aliphatic hydroxyl groups excluding tert-OH is 1. The lowest BCUT2D eigenvalue weighted by Gasteiger charge is -2.37. The van der Waals surface area contributed by atoms with Crippen molar-refractivity contribution in [2.24, 2.45) is 17.3 Å². The third-order valence-corrected chi connectivity index (χ3v) is 3.56. The molecule has 0 aliphatic heterocycles. The van der Waals surface area contributed by atoms with Gasteiger partial charge in [-0.2, -0.15) is 0 Å². The zero-order valence-corrected chi connectivity index (χ0v) is 8.64. The minimum absolute atomic E-state index is 0.241. The van der Waals surface area contributed by atoms with Gasteiger partial charge in [-0.15, -0.1) is 0 Å². The summed E-state index contributed by atoms with van der Waals surface area (Å²) in [4.78, 5) is 0. The molecule has 0 radical (unpaired) electrons. The standard InChI is InChI=1S/C11H22O/c1-9(2)10-4-6-11(3,8-12)7-5-10/h9-10,12H,4-8H2,1-3H3/t10-,11+. The number of aliphatic hydroxyl groups is 1. The molecule has 1 aliphatic rings. The van der Waals surface area contributed by atoms with Crippen LogP contribution < -0.4 is 0 Å². The van der Waals surface area contributed by atoms with Crippen LogP contribution in [0.5, 0.6) is 0 Å². The van der Waals surface area contributed by atoms with E-state index in [0.717, 1.165) is 11.8 Å². The van der Waals surface area contributed by atoms with Crippen molar-refractivity contribution in [2.45, 2.75) is 46.5 Å². The molecule has 0 bridgehead atoms. The first-order valence-corrected chi connectivity index (χ1v) is 5.18. The zero-order valence-electron chi connectivity index (χ0n) is 8.64. The van der Waals surface area contributed by atoms with E-state index in [1.54, 1.807) is 0 Å². The molecule has 12 heavy (non-hydrogen) atoms. The van der Waals surface area contributed by atoms with Gasteiger partial charge in [-0.1, -0.05) is 20.8 Å². The molecule has 0 unspecified atom stereocenters. The highest BCUT2D eigenvalue weighted by Crippen LogP contribution is 2.40. The van der Waals surface area contributed by atoms with Crippen molar-refractivity contribution in [1.29, 1.82) is 0 Å². The van der Waals surface area contributed by atoms with Crippen LogP contribution >= 0.6 is 0 Å². The Kier molecular flexibility index (Phi) is 3.16. The molecule has 0 aromatic carbocycles. The minimum atomic E-state index is 0.241. The maximum absolute atomic E-state index is 9.18. The fraction of sp³-hybridized carbons (Fsp3) is 1.00. The Morgan fingerprint density at radius 2 is 1.83 bits per heavy atom. The molecule has 0 heterocycles. The average Bonchev–Trinajstić information content (AvgIpc) is 2.05. The Morgan fingerprint density at radius 1 is 1.33 bits per heavy atom. The molecule has 1 fully saturated rings. The summed E-state index contributed by atoms with van der Waals surface area (Å²) in [6.07, 6.45) is 5.06. The van der Waals surface area contributed by atoms with Gasteiger partial charge in [0.1, 0.15) is 0 Å². The van der Waals surface area contributed by atoms with Crippen molar-refractivity contribution in [1.82, 2.24) is 0 Å². The summed E-state index contributed by atoms with van der Waals surface area (Å²) in [6, 6.07) is 0. The van der Waals surface area contributed by atoms with E-state index in [4.69, 9.17) is 0 Å². The first kappa shape index (κ1) is 10.0. The van der Waals surface area contributed by atoms with E-state index in [9.17, 15) is 5.11 Å². The SMILES string of the molecule is CC(C)[C@H]1CC[C@@](C)(CO)CC1. The van der Waals surface area contributed by atoms with Crippen LogP contribution in [0.15, 0.2) is 0 Å². The molecular formula is C11H22O. The zero-order chi connectivity index (χ0) is 9.19. The summed E-state index contributed by atoms with van der Waals surface area (Å²) < 4.78 is 0. The highest BCUT2D eigenvalue weighted by molar-refractivity contribution is 4.82. The maximum Gasteiger partial charge on any atom is 0.0484 e. The lowest BCUT2D eigenvalue weighted by Crippen LogP contribution is -2.29. The molecule has 0 aromatic heterocycles. The van der Waals surface area contributed by atoms with Crippen molar-refractivity contribution >= 4 is 0 Å². The molecule has 1 nitrogen and oxygen atoms in total. The minimum Gasteiger partial charge on any atom is -0.396 e. The van der Waals surface area contributed by atoms with E-state index in [1.807, 2.05) is 0 Å². The van der Waals surface area contributed by atoms with E-state index < -0.39 is 0 Å². The van der Waals surface area contributed by atoms with Crippen LogP contribution in [0, 0.1) is 17.3 Å². The maximum atomic E-state index is 9.18. The summed E-state index contributed by atoms with van der Waals surface area (Å²) in [5.41, 5.74) is 0.241. The molecule has 0 aromatic rings. The van der Waals surface area contributed by atoms with Crippen LogP contribution in [-0.4, -0.2) is 11.7 Å². The second kappa shape index (κ2) is 3.78. The fourth-order valence-corrected chi connectivity index (χ4v) is 2.16. The van der Waals surface area contributed by atoms with Gasteiger partial charge in [0.15, 0.2) is 0 Å². The molecule has 1 aliphatic carbocycles. The van der Waals surface area contributed by atoms with E-state index in [0.29, 0.717) is 6.61 Å². The third kappa shape index (κ3) is 2.22. The fourth-order valence-electron chi connectivity index (χ4n) is 2.16. The van der Waals surface area contributed by atoms with Gasteiger partial charge in [0.2, 0.25) is 0 Å². The molecule has 1 rings (SSSR count). The Labute approximate surface area is 76.2 Å². The number of hydrogen-bond acceptors (Lipinski definition) is 1. The summed E-state index contributed by atoms with van der Waals surface area (Å²) in [7, 11) is 0. The van der Waals surface area contributed by atoms with Crippen LogP contribution in [0.25, 0.3) is 0 Å². The highest BCUT2D eigenvalue weighted by Gasteiger charge is 2.31. The predicted octanol–water partition coefficient (Wildman–Crippen LogP) is 2.83. The predicted molar refractivity (Wildman–Crippen MR) is 52.0 cm³/mol. The van der Waals surface area contributed by atoms with Crippen molar-refractivity contribution in [3.05, 3.63) is 0 Å². The molecule has 1 saturated carbocycles. The van der Waals surface area contributed by atoms with Crippen molar-refractivity contribution in [3.8, 4) is 0 Å². The second-order valence-corrected chi connectivity index (χ2v) is 5.05. The first-order chi connectivity index (χ1) is 5.57. The summed E-state index contributed by atoms with van der Waals surface area (Å²) in [5, 5.41) is 9.18. The Balaban J connectivity index is 2.39. The van der Waals surface area contributed by atoms with E-state index in [-0.39, 0.29) is 5.41 Å². The Bertz CT molecular complexity index is 132. The van der Waals surface area contributed by atoms with Crippen molar-refractivity contribution in [2.75, 3.05) is 6.61 Å². The van der Waals surface area contributed by atoms with Gasteiger partial charge in [-0.3, -0.25) is 0 Å². The second-order valence-electron chi connectivity index (χ2n) is 5.05. The smallest absolute Gasteiger partial charge is 0.0484 e. The van der Waals surface area contributed by atoms with Gasteiger partial charge in [0, 0.05) is 6.61 Å². The molecule has 0 amide bonds. The quantitative estimate of drug-likeness (QED) is 0.675. The van der Waals surface area contributed by atoms with Crippen LogP contribution in [0.2, 0.25) is 0 Å². The lowest BCUT2D eigenvalue weighted by atomic mass is 9.69. The largest absolute Gasteiger partial charge is 0.396 e. The molecule has 72 valence electrons. The van der Waals surface area contributed by atoms with Gasteiger partial charge in [-0.05, 0) is 42.9 Å². The molecule has 0 atom stereocenters. The first-order valence-electron chi connectivity index (χ1n) is 5.18. The van der Waals surface area contributed by atoms with Crippen molar-refractivity contribution in [3.63, 3.8) is 0 Å². The van der Waals surface area contributed by atoms with Crippen LogP contribution in [0.3, 0.4) is 0 Å². The van der Waals surface area contributed by atoms with Gasteiger partial charge >= 0.3 is 0 Å². The van der Waals surface area contributed by atoms with Gasteiger partial charge in [0.25, 0.3) is 0 Å². The van der Waals surface area contributed by atoms with Gasteiger partial charge in [-0.25, -0.2) is 0 Å². The van der Waals surface area contributed by atoms with Gasteiger partial charge in [0.05, 0.1) is 0 Å². The van der Waals surface area contributed by atoms with Gasteiger partial charge < -0.3 is 5.11 Å². The molecular weight excluding hydrogens is 148 g/mol. The lowest BCUT2D eigenvalue weighted by molar-refractivity contribution is 0.0705. The number of hydrogen-bond donors (Lipinski definition) is 1. The summed E-state index contributed by atoms with van der Waals surface area (Å²) >= 11 is 0. The van der Waals surface area contributed by atoms with Crippen LogP contribution in [-0.2, 0) is 0 Å². The summed E-state index contributed by atoms with van der Waals surface area (Å²) in [5.74, 6) is 1.73. The normalized spacial score (nSPS) is 37.2. The van der Waals surface area contributed by atoms with Crippen LogP contribution in [0.1, 0.15) is 46.5 Å². The van der Waals surface area contributed by atoms with Crippen molar-refractivity contribution < 1.29 is 5.11 Å². The molecule has 0 spiro atoms. The molecule has 1 N–H and O–H groups in total. The monoisotopic (exact) mass is 170 g/mol. The highest BCUT2D eigenvalue weighted by atomic mass is 16.3. The molecule has 1 heteroatoms.